The van der Waals surface area contributed by atoms with E-state index in [0.717, 1.165) is 0 Å². The van der Waals surface area contributed by atoms with Gasteiger partial charge in [-0.3, -0.25) is 0 Å². The van der Waals surface area contributed by atoms with Crippen molar-refractivity contribution in [1.29, 1.82) is 0 Å². The standard InChI is InChI=1S/C10H11NO4S2/c11-3-4-16-17-8-5-6(9(12)13)1-2-7(8)10(14)15/h1-2,5H,3-4,11H2,(H,12,13)(H,14,15). The van der Waals surface area contributed by atoms with Gasteiger partial charge < -0.3 is 15.9 Å². The fourth-order valence-electron chi connectivity index (χ4n) is 1.05. The zero-order valence-corrected chi connectivity index (χ0v) is 10.4. The normalized spacial score (nSPS) is 10.2. The molecule has 92 valence electrons. The predicted octanol–water partition coefficient (Wildman–Crippen LogP) is 1.78. The molecule has 1 aromatic carbocycles. The van der Waals surface area contributed by atoms with Crippen LogP contribution < -0.4 is 5.73 Å². The first-order valence-electron chi connectivity index (χ1n) is 4.66. The van der Waals surface area contributed by atoms with E-state index in [1.165, 1.54) is 39.8 Å². The van der Waals surface area contributed by atoms with E-state index < -0.39 is 11.9 Å². The molecule has 5 nitrogen and oxygen atoms in total. The summed E-state index contributed by atoms with van der Waals surface area (Å²) in [7, 11) is 2.62. The molecule has 0 radical (unpaired) electrons. The maximum absolute atomic E-state index is 10.9. The Morgan fingerprint density at radius 3 is 2.47 bits per heavy atom. The van der Waals surface area contributed by atoms with Crippen LogP contribution in [-0.2, 0) is 0 Å². The molecule has 0 aromatic heterocycles. The van der Waals surface area contributed by atoms with Gasteiger partial charge in [0, 0.05) is 17.2 Å². The zero-order valence-electron chi connectivity index (χ0n) is 8.75. The molecule has 0 spiro atoms. The zero-order chi connectivity index (χ0) is 12.8. The van der Waals surface area contributed by atoms with Crippen LogP contribution in [0.1, 0.15) is 20.7 Å². The highest BCUT2D eigenvalue weighted by Gasteiger charge is 2.13. The number of carbonyl (C=O) groups is 2. The second-order valence-corrected chi connectivity index (χ2v) is 5.47. The minimum absolute atomic E-state index is 0.0749. The number of carboxylic acid groups (broad SMARTS) is 2. The molecule has 0 atom stereocenters. The largest absolute Gasteiger partial charge is 0.478 e. The van der Waals surface area contributed by atoms with Crippen LogP contribution in [0.25, 0.3) is 0 Å². The Bertz CT molecular complexity index is 436. The second-order valence-electron chi connectivity index (χ2n) is 3.02. The Morgan fingerprint density at radius 2 is 1.94 bits per heavy atom. The first kappa shape index (κ1) is 13.9. The van der Waals surface area contributed by atoms with Gasteiger partial charge in [-0.15, -0.1) is 0 Å². The summed E-state index contributed by atoms with van der Waals surface area (Å²) in [5.74, 6) is -1.48. The summed E-state index contributed by atoms with van der Waals surface area (Å²) in [5, 5.41) is 17.8. The molecule has 0 aliphatic carbocycles. The van der Waals surface area contributed by atoms with Crippen molar-refractivity contribution in [2.45, 2.75) is 4.90 Å². The van der Waals surface area contributed by atoms with Crippen LogP contribution in [0.5, 0.6) is 0 Å². The van der Waals surface area contributed by atoms with Crippen molar-refractivity contribution in [2.75, 3.05) is 12.3 Å². The molecule has 0 aliphatic heterocycles. The summed E-state index contributed by atoms with van der Waals surface area (Å²) < 4.78 is 0. The first-order valence-corrected chi connectivity index (χ1v) is 6.98. The molecule has 0 heterocycles. The average Bonchev–Trinajstić information content (AvgIpc) is 2.28. The molecule has 7 heteroatoms. The van der Waals surface area contributed by atoms with Gasteiger partial charge in [0.05, 0.1) is 11.1 Å². The number of benzene rings is 1. The number of carboxylic acids is 2. The van der Waals surface area contributed by atoms with Crippen LogP contribution in [0.2, 0.25) is 0 Å². The van der Waals surface area contributed by atoms with Crippen molar-refractivity contribution >= 4 is 33.5 Å². The van der Waals surface area contributed by atoms with Crippen molar-refractivity contribution in [1.82, 2.24) is 0 Å². The maximum Gasteiger partial charge on any atom is 0.336 e. The van der Waals surface area contributed by atoms with E-state index >= 15 is 0 Å². The van der Waals surface area contributed by atoms with Gasteiger partial charge in [0.25, 0.3) is 0 Å². The Morgan fingerprint density at radius 1 is 1.24 bits per heavy atom. The molecular formula is C10H11NO4S2. The van der Waals surface area contributed by atoms with Gasteiger partial charge in [0.1, 0.15) is 0 Å². The molecule has 4 N–H and O–H groups in total. The van der Waals surface area contributed by atoms with Gasteiger partial charge in [-0.05, 0) is 18.2 Å². The van der Waals surface area contributed by atoms with Crippen LogP contribution in [-0.4, -0.2) is 34.4 Å². The molecule has 0 aliphatic rings. The van der Waals surface area contributed by atoms with E-state index in [0.29, 0.717) is 17.2 Å². The van der Waals surface area contributed by atoms with Gasteiger partial charge in [-0.1, -0.05) is 21.6 Å². The molecular weight excluding hydrogens is 262 g/mol. The number of hydrogen-bond donors (Lipinski definition) is 3. The van der Waals surface area contributed by atoms with Crippen LogP contribution in [0.3, 0.4) is 0 Å². The smallest absolute Gasteiger partial charge is 0.336 e. The minimum Gasteiger partial charge on any atom is -0.478 e. The number of hydrogen-bond acceptors (Lipinski definition) is 5. The second kappa shape index (κ2) is 6.53. The maximum atomic E-state index is 10.9. The molecule has 1 aromatic rings. The Labute approximate surface area is 106 Å². The third-order valence-corrected chi connectivity index (χ3v) is 4.24. The van der Waals surface area contributed by atoms with Crippen LogP contribution >= 0.6 is 21.6 Å². The highest BCUT2D eigenvalue weighted by atomic mass is 33.1. The Hall–Kier alpha value is -1.18. The van der Waals surface area contributed by atoms with Gasteiger partial charge in [0.15, 0.2) is 0 Å². The average molecular weight is 273 g/mol. The molecule has 0 bridgehead atoms. The van der Waals surface area contributed by atoms with E-state index in [1.807, 2.05) is 0 Å². The quantitative estimate of drug-likeness (QED) is 0.536. The third kappa shape index (κ3) is 3.95. The van der Waals surface area contributed by atoms with Crippen molar-refractivity contribution in [3.05, 3.63) is 29.3 Å². The Balaban J connectivity index is 2.98. The third-order valence-electron chi connectivity index (χ3n) is 1.81. The van der Waals surface area contributed by atoms with Crippen LogP contribution in [0.15, 0.2) is 23.1 Å². The fraction of sp³-hybridized carbons (Fsp3) is 0.200. The lowest BCUT2D eigenvalue weighted by atomic mass is 10.1. The predicted molar refractivity (Wildman–Crippen MR) is 67.7 cm³/mol. The van der Waals surface area contributed by atoms with E-state index in [4.69, 9.17) is 15.9 Å². The lowest BCUT2D eigenvalue weighted by Crippen LogP contribution is -2.03. The Kier molecular flexibility index (Phi) is 5.33. The molecule has 17 heavy (non-hydrogen) atoms. The van der Waals surface area contributed by atoms with Gasteiger partial charge in [0.2, 0.25) is 0 Å². The molecule has 1 rings (SSSR count). The number of rotatable bonds is 6. The van der Waals surface area contributed by atoms with Gasteiger partial charge >= 0.3 is 11.9 Å². The highest BCUT2D eigenvalue weighted by Crippen LogP contribution is 2.33. The van der Waals surface area contributed by atoms with Crippen LogP contribution in [0, 0.1) is 0 Å². The number of nitrogens with two attached hydrogens (primary N) is 1. The lowest BCUT2D eigenvalue weighted by Gasteiger charge is -2.05. The van der Waals surface area contributed by atoms with Crippen molar-refractivity contribution in [3.8, 4) is 0 Å². The van der Waals surface area contributed by atoms with Gasteiger partial charge in [-0.25, -0.2) is 9.59 Å². The van der Waals surface area contributed by atoms with E-state index in [9.17, 15) is 9.59 Å². The minimum atomic E-state index is -1.08. The number of aromatic carboxylic acids is 2. The molecule has 0 fully saturated rings. The first-order chi connectivity index (χ1) is 8.06. The topological polar surface area (TPSA) is 101 Å². The fourth-order valence-corrected chi connectivity index (χ4v) is 3.11. The summed E-state index contributed by atoms with van der Waals surface area (Å²) in [6, 6.07) is 3.94. The molecule has 0 amide bonds. The van der Waals surface area contributed by atoms with Crippen molar-refractivity contribution in [2.24, 2.45) is 5.73 Å². The van der Waals surface area contributed by atoms with Crippen molar-refractivity contribution < 1.29 is 19.8 Å². The summed E-state index contributed by atoms with van der Waals surface area (Å²) in [4.78, 5) is 22.1. The van der Waals surface area contributed by atoms with Gasteiger partial charge in [-0.2, -0.15) is 0 Å². The summed E-state index contributed by atoms with van der Waals surface area (Å²) in [6.07, 6.45) is 0. The van der Waals surface area contributed by atoms with E-state index in [-0.39, 0.29) is 11.1 Å². The van der Waals surface area contributed by atoms with E-state index in [2.05, 4.69) is 0 Å². The lowest BCUT2D eigenvalue weighted by molar-refractivity contribution is 0.0678. The van der Waals surface area contributed by atoms with Crippen molar-refractivity contribution in [3.63, 3.8) is 0 Å². The van der Waals surface area contributed by atoms with E-state index in [1.54, 1.807) is 0 Å². The molecule has 0 unspecified atom stereocenters. The summed E-state index contributed by atoms with van der Waals surface area (Å²) in [6.45, 7) is 0.485. The highest BCUT2D eigenvalue weighted by molar-refractivity contribution is 8.76. The molecule has 0 saturated heterocycles. The SMILES string of the molecule is NCCSSc1cc(C(=O)O)ccc1C(=O)O. The monoisotopic (exact) mass is 273 g/mol. The van der Waals surface area contributed by atoms with Crippen LogP contribution in [0.4, 0.5) is 0 Å². The summed E-state index contributed by atoms with van der Waals surface area (Å²) >= 11 is 0. The summed E-state index contributed by atoms with van der Waals surface area (Å²) in [5.41, 5.74) is 5.50. The molecule has 0 saturated carbocycles.